The van der Waals surface area contributed by atoms with E-state index in [9.17, 15) is 0 Å². The molecule has 2 N–H and O–H groups in total. The quantitative estimate of drug-likeness (QED) is 0.337. The van der Waals surface area contributed by atoms with Crippen LogP contribution in [0.5, 0.6) is 11.5 Å². The molecule has 1 saturated heterocycles. The molecule has 0 saturated carbocycles. The van der Waals surface area contributed by atoms with Crippen LogP contribution < -0.4 is 20.1 Å². The summed E-state index contributed by atoms with van der Waals surface area (Å²) >= 11 is 0. The Balaban J connectivity index is 0.00000338. The van der Waals surface area contributed by atoms with Crippen LogP contribution in [0.3, 0.4) is 0 Å². The molecule has 26 heavy (non-hydrogen) atoms. The maximum absolute atomic E-state index is 5.62. The largest absolute Gasteiger partial charge is 0.493 e. The van der Waals surface area contributed by atoms with Gasteiger partial charge < -0.3 is 24.8 Å². The van der Waals surface area contributed by atoms with Crippen LogP contribution in [0.4, 0.5) is 0 Å². The second-order valence-electron chi connectivity index (χ2n) is 5.72. The standard InChI is InChI=1S/C18H30N4O3.HI/c1-4-25-17-13-15(5-6-16(17)23-3)14-21-18(19-2)20-7-8-22-9-11-24-12-10-22;/h5-6,13H,4,7-12,14H2,1-3H3,(H2,19,20,21);1H. The van der Waals surface area contributed by atoms with Crippen LogP contribution in [0.1, 0.15) is 12.5 Å². The Morgan fingerprint density at radius 2 is 2.00 bits per heavy atom. The van der Waals surface area contributed by atoms with Crippen molar-refractivity contribution < 1.29 is 14.2 Å². The average molecular weight is 478 g/mol. The maximum atomic E-state index is 5.62. The summed E-state index contributed by atoms with van der Waals surface area (Å²) in [6, 6.07) is 5.95. The summed E-state index contributed by atoms with van der Waals surface area (Å²) in [6.07, 6.45) is 0. The Morgan fingerprint density at radius 1 is 1.23 bits per heavy atom. The van der Waals surface area contributed by atoms with Crippen LogP contribution in [0.2, 0.25) is 0 Å². The second kappa shape index (κ2) is 13.0. The summed E-state index contributed by atoms with van der Waals surface area (Å²) in [5.74, 6) is 2.31. The molecule has 1 aromatic carbocycles. The van der Waals surface area contributed by atoms with E-state index < -0.39 is 0 Å². The molecule has 0 unspecified atom stereocenters. The third-order valence-corrected chi connectivity index (χ3v) is 4.04. The highest BCUT2D eigenvalue weighted by atomic mass is 127. The second-order valence-corrected chi connectivity index (χ2v) is 5.72. The SMILES string of the molecule is CCOc1cc(CNC(=NC)NCCN2CCOCC2)ccc1OC.I. The first-order valence-electron chi connectivity index (χ1n) is 8.81. The number of methoxy groups -OCH3 is 1. The molecule has 0 atom stereocenters. The van der Waals surface area contributed by atoms with Crippen molar-refractivity contribution in [2.45, 2.75) is 13.5 Å². The zero-order chi connectivity index (χ0) is 17.9. The van der Waals surface area contributed by atoms with Gasteiger partial charge in [-0.05, 0) is 24.6 Å². The van der Waals surface area contributed by atoms with Crippen molar-refractivity contribution >= 4 is 29.9 Å². The van der Waals surface area contributed by atoms with Crippen molar-refractivity contribution in [2.24, 2.45) is 4.99 Å². The molecule has 1 aliphatic heterocycles. The Kier molecular flexibility index (Phi) is 11.4. The van der Waals surface area contributed by atoms with Crippen LogP contribution >= 0.6 is 24.0 Å². The lowest BCUT2D eigenvalue weighted by Gasteiger charge is -2.26. The van der Waals surface area contributed by atoms with Crippen molar-refractivity contribution in [3.8, 4) is 11.5 Å². The Bertz CT molecular complexity index is 551. The van der Waals surface area contributed by atoms with Gasteiger partial charge in [0.15, 0.2) is 17.5 Å². The molecule has 1 fully saturated rings. The molecule has 7 nitrogen and oxygen atoms in total. The number of nitrogens with one attached hydrogen (secondary N) is 2. The van der Waals surface area contributed by atoms with Gasteiger partial charge in [-0.3, -0.25) is 9.89 Å². The number of halogens is 1. The van der Waals surface area contributed by atoms with Gasteiger partial charge in [0.05, 0.1) is 26.9 Å². The number of nitrogens with zero attached hydrogens (tertiary/aromatic N) is 2. The lowest BCUT2D eigenvalue weighted by molar-refractivity contribution is 0.0389. The third kappa shape index (κ3) is 7.55. The number of hydrogen-bond acceptors (Lipinski definition) is 5. The van der Waals surface area contributed by atoms with Crippen LogP contribution in [0.25, 0.3) is 0 Å². The fourth-order valence-corrected chi connectivity index (χ4v) is 2.66. The number of aliphatic imine (C=N–C) groups is 1. The van der Waals surface area contributed by atoms with E-state index in [2.05, 4.69) is 20.5 Å². The van der Waals surface area contributed by atoms with Crippen LogP contribution in [0, 0.1) is 0 Å². The van der Waals surface area contributed by atoms with E-state index in [0.717, 1.165) is 62.4 Å². The highest BCUT2D eigenvalue weighted by molar-refractivity contribution is 14.0. The fourth-order valence-electron chi connectivity index (χ4n) is 2.66. The molecular formula is C18H31IN4O3. The van der Waals surface area contributed by atoms with Crippen LogP contribution in [-0.4, -0.2) is 71.0 Å². The van der Waals surface area contributed by atoms with Gasteiger partial charge in [-0.25, -0.2) is 0 Å². The smallest absolute Gasteiger partial charge is 0.191 e. The fraction of sp³-hybridized carbons (Fsp3) is 0.611. The molecule has 0 aromatic heterocycles. The number of rotatable bonds is 8. The number of ether oxygens (including phenoxy) is 3. The zero-order valence-electron chi connectivity index (χ0n) is 15.9. The monoisotopic (exact) mass is 478 g/mol. The van der Waals surface area contributed by atoms with Crippen LogP contribution in [-0.2, 0) is 11.3 Å². The van der Waals surface area contributed by atoms with Gasteiger partial charge in [-0.1, -0.05) is 6.07 Å². The van der Waals surface area contributed by atoms with E-state index in [0.29, 0.717) is 13.2 Å². The Morgan fingerprint density at radius 3 is 2.65 bits per heavy atom. The third-order valence-electron chi connectivity index (χ3n) is 4.04. The number of morpholine rings is 1. The van der Waals surface area contributed by atoms with Crippen molar-refractivity contribution in [1.29, 1.82) is 0 Å². The van der Waals surface area contributed by atoms with Crippen molar-refractivity contribution in [3.63, 3.8) is 0 Å². The topological polar surface area (TPSA) is 67.4 Å². The summed E-state index contributed by atoms with van der Waals surface area (Å²) in [7, 11) is 3.43. The van der Waals surface area contributed by atoms with E-state index in [4.69, 9.17) is 14.2 Å². The summed E-state index contributed by atoms with van der Waals surface area (Å²) in [5.41, 5.74) is 1.11. The van der Waals surface area contributed by atoms with Crippen molar-refractivity contribution in [3.05, 3.63) is 23.8 Å². The average Bonchev–Trinajstić information content (AvgIpc) is 2.66. The minimum Gasteiger partial charge on any atom is -0.493 e. The van der Waals surface area contributed by atoms with E-state index in [1.165, 1.54) is 0 Å². The number of benzene rings is 1. The highest BCUT2D eigenvalue weighted by Crippen LogP contribution is 2.27. The molecule has 1 aliphatic rings. The molecule has 0 spiro atoms. The van der Waals surface area contributed by atoms with Gasteiger partial charge in [0, 0.05) is 39.8 Å². The molecule has 0 aliphatic carbocycles. The summed E-state index contributed by atoms with van der Waals surface area (Å²) in [4.78, 5) is 6.66. The van der Waals surface area contributed by atoms with E-state index >= 15 is 0 Å². The molecule has 2 rings (SSSR count). The summed E-state index contributed by atoms with van der Waals surface area (Å²) in [6.45, 7) is 8.73. The van der Waals surface area contributed by atoms with Crippen molar-refractivity contribution in [1.82, 2.24) is 15.5 Å². The predicted octanol–water partition coefficient (Wildman–Crippen LogP) is 1.71. The highest BCUT2D eigenvalue weighted by Gasteiger charge is 2.10. The first kappa shape index (κ1) is 22.8. The van der Waals surface area contributed by atoms with Gasteiger partial charge in [-0.2, -0.15) is 0 Å². The number of guanidine groups is 1. The van der Waals surface area contributed by atoms with E-state index in [1.54, 1.807) is 14.2 Å². The summed E-state index contributed by atoms with van der Waals surface area (Å²) in [5, 5.41) is 6.68. The molecule has 0 bridgehead atoms. The molecule has 148 valence electrons. The van der Waals surface area contributed by atoms with Gasteiger partial charge in [-0.15, -0.1) is 24.0 Å². The van der Waals surface area contributed by atoms with Crippen molar-refractivity contribution in [2.75, 3.05) is 60.2 Å². The van der Waals surface area contributed by atoms with Crippen LogP contribution in [0.15, 0.2) is 23.2 Å². The first-order valence-corrected chi connectivity index (χ1v) is 8.81. The molecular weight excluding hydrogens is 447 g/mol. The normalized spacial score (nSPS) is 15.1. The summed E-state index contributed by atoms with van der Waals surface area (Å²) < 4.78 is 16.3. The zero-order valence-corrected chi connectivity index (χ0v) is 18.2. The minimum atomic E-state index is 0. The van der Waals surface area contributed by atoms with Gasteiger partial charge in [0.2, 0.25) is 0 Å². The van der Waals surface area contributed by atoms with Gasteiger partial charge in [0.25, 0.3) is 0 Å². The Hall–Kier alpha value is -1.26. The first-order chi connectivity index (χ1) is 12.3. The molecule has 1 heterocycles. The number of hydrogen-bond donors (Lipinski definition) is 2. The molecule has 1 aromatic rings. The molecule has 8 heteroatoms. The van der Waals surface area contributed by atoms with Gasteiger partial charge >= 0.3 is 0 Å². The molecule has 0 radical (unpaired) electrons. The van der Waals surface area contributed by atoms with E-state index in [1.807, 2.05) is 25.1 Å². The maximum Gasteiger partial charge on any atom is 0.191 e. The Labute approximate surface area is 173 Å². The predicted molar refractivity (Wildman–Crippen MR) is 115 cm³/mol. The minimum absolute atomic E-state index is 0. The van der Waals surface area contributed by atoms with Gasteiger partial charge in [0.1, 0.15) is 0 Å². The van der Waals surface area contributed by atoms with E-state index in [-0.39, 0.29) is 24.0 Å². The lowest BCUT2D eigenvalue weighted by atomic mass is 10.2. The molecule has 0 amide bonds. The lowest BCUT2D eigenvalue weighted by Crippen LogP contribution is -2.44.